The molecule has 2 rings (SSSR count). The monoisotopic (exact) mass is 683 g/mol. The molecule has 1 fully saturated rings. The molecule has 0 saturated heterocycles. The molecule has 0 amide bonds. The van der Waals surface area contributed by atoms with Crippen LogP contribution in [0.4, 0.5) is 0 Å². The first-order valence-corrected chi connectivity index (χ1v) is 18.0. The van der Waals surface area contributed by atoms with Crippen LogP contribution >= 0.6 is 0 Å². The van der Waals surface area contributed by atoms with Crippen LogP contribution in [0.25, 0.3) is 0 Å². The van der Waals surface area contributed by atoms with Gasteiger partial charge < -0.3 is 19.2 Å². The number of carbonyl (C=O) groups is 4. The van der Waals surface area contributed by atoms with Crippen LogP contribution < -0.4 is 0 Å². The Labute approximate surface area is 297 Å². The van der Waals surface area contributed by atoms with Crippen LogP contribution in [0.15, 0.2) is 59.4 Å². The average molecular weight is 684 g/mol. The second-order valence-electron chi connectivity index (χ2n) is 13.5. The van der Waals surface area contributed by atoms with Gasteiger partial charge in [0, 0.05) is 31.6 Å². The Balaban J connectivity index is 0.000000797. The Bertz CT molecular complexity index is 1160. The number of Topliss-reactive ketones (excluding diaryl/α,β-unsaturated/α-hetero) is 2. The summed E-state index contributed by atoms with van der Waals surface area (Å²) in [5.74, 6) is 2.46. The van der Waals surface area contributed by atoms with Gasteiger partial charge in [0.25, 0.3) is 0 Å². The second kappa shape index (κ2) is 26.6. The van der Waals surface area contributed by atoms with E-state index in [2.05, 4.69) is 49.7 Å². The smallest absolute Gasteiger partial charge is 0.541 e. The normalized spacial score (nSPS) is 21.0. The van der Waals surface area contributed by atoms with E-state index in [0.29, 0.717) is 62.7 Å². The van der Waals surface area contributed by atoms with Gasteiger partial charge in [-0.2, -0.15) is 0 Å². The quantitative estimate of drug-likeness (QED) is 0.0531. The highest BCUT2D eigenvalue weighted by Crippen LogP contribution is 2.41. The number of rotatable bonds is 17. The molecule has 0 aromatic rings. The molecule has 9 heteroatoms. The van der Waals surface area contributed by atoms with Crippen molar-refractivity contribution in [3.05, 3.63) is 59.4 Å². The van der Waals surface area contributed by atoms with Gasteiger partial charge in [-0.25, -0.2) is 0 Å². The summed E-state index contributed by atoms with van der Waals surface area (Å²) in [6.07, 6.45) is 21.3. The fraction of sp³-hybridized carbons (Fsp3) is 0.650. The van der Waals surface area contributed by atoms with Gasteiger partial charge in [-0.1, -0.05) is 62.0 Å². The van der Waals surface area contributed by atoms with E-state index in [0.717, 1.165) is 44.1 Å². The molecule has 0 bridgehead atoms. The molecule has 0 aliphatic heterocycles. The van der Waals surface area contributed by atoms with E-state index in [-0.39, 0.29) is 35.8 Å². The first-order valence-electron chi connectivity index (χ1n) is 18.0. The van der Waals surface area contributed by atoms with E-state index in [9.17, 15) is 19.2 Å². The lowest BCUT2D eigenvalue weighted by Gasteiger charge is -2.21. The van der Waals surface area contributed by atoms with Crippen molar-refractivity contribution in [1.82, 2.24) is 0 Å². The van der Waals surface area contributed by atoms with Crippen molar-refractivity contribution in [2.24, 2.45) is 23.7 Å². The van der Waals surface area contributed by atoms with Crippen LogP contribution in [0.1, 0.15) is 133 Å². The van der Waals surface area contributed by atoms with Crippen LogP contribution in [0.2, 0.25) is 0 Å². The second-order valence-corrected chi connectivity index (χ2v) is 13.5. The predicted molar refractivity (Wildman–Crippen MR) is 198 cm³/mol. The maximum absolute atomic E-state index is 12.2. The Kier molecular flexibility index (Phi) is 24.9. The van der Waals surface area contributed by atoms with E-state index in [1.54, 1.807) is 13.0 Å². The fourth-order valence-corrected chi connectivity index (χ4v) is 5.74. The third-order valence-electron chi connectivity index (χ3n) is 8.26. The minimum absolute atomic E-state index is 0.0367. The SMILES string of the molecule is C/C=C(\C)O[B]O.C/C=C(\C)[C@H]1[C@H](C)CC(=O)[C@@H]1C/C=C\CCCC(=O)OC(C)C.CC(C)OC(=O)CCC/C=C\CC1=C[C@H](C)CC1=O. The molecule has 0 aromatic carbocycles. The zero-order valence-corrected chi connectivity index (χ0v) is 32.0. The van der Waals surface area contributed by atoms with Crippen molar-refractivity contribution >= 4 is 31.2 Å². The number of esters is 2. The lowest BCUT2D eigenvalue weighted by molar-refractivity contribution is -0.148. The number of allylic oxidation sites excluding steroid dienone is 10. The molecular formula is C40H64BO8. The summed E-state index contributed by atoms with van der Waals surface area (Å²) in [5, 5.41) is 7.98. The highest BCUT2D eigenvalue weighted by molar-refractivity contribution is 6.16. The summed E-state index contributed by atoms with van der Waals surface area (Å²) in [7, 11) is 0.662. The summed E-state index contributed by atoms with van der Waals surface area (Å²) in [5.41, 5.74) is 2.26. The fourth-order valence-electron chi connectivity index (χ4n) is 5.74. The standard InChI is InChI=1S/C20H32O3.C16H24O3.C4H8BO2/c1-6-15(4)20-16(5)13-18(21)17(20)11-9-7-8-10-12-19(22)23-14(2)3;1-12(2)19-16(18)9-7-5-4-6-8-14-10-13(3)11-15(14)17;1-3-4(2)7-5-6/h6-7,9,14,16-17,20H,8,10-13H2,1-5H3;4,6,10,12-13H,5,7-9,11H2,1-3H3;3,6H,1-2H3/b9-7-,15-6+;6-4-;4-3+/t16-,17+,20+;13-;/m10./s1. The minimum Gasteiger partial charge on any atom is -0.541 e. The summed E-state index contributed by atoms with van der Waals surface area (Å²) in [6.45, 7) is 19.4. The number of carbonyl (C=O) groups excluding carboxylic acids is 4. The van der Waals surface area contributed by atoms with Gasteiger partial charge in [-0.15, -0.1) is 0 Å². The van der Waals surface area contributed by atoms with Crippen LogP contribution in [0.3, 0.4) is 0 Å². The molecule has 2 aliphatic carbocycles. The number of ether oxygens (including phenoxy) is 2. The number of unbranched alkanes of at least 4 members (excludes halogenated alkanes) is 2. The predicted octanol–water partition coefficient (Wildman–Crippen LogP) is 8.91. The van der Waals surface area contributed by atoms with E-state index >= 15 is 0 Å². The Morgan fingerprint density at radius 3 is 1.86 bits per heavy atom. The molecule has 0 spiro atoms. The van der Waals surface area contributed by atoms with Crippen molar-refractivity contribution < 1.29 is 38.3 Å². The molecule has 1 N–H and O–H groups in total. The first-order chi connectivity index (χ1) is 23.2. The lowest BCUT2D eigenvalue weighted by Crippen LogP contribution is -2.17. The van der Waals surface area contributed by atoms with Gasteiger partial charge in [-0.05, 0) is 117 Å². The zero-order valence-electron chi connectivity index (χ0n) is 32.0. The molecule has 4 atom stereocenters. The van der Waals surface area contributed by atoms with Gasteiger partial charge in [0.1, 0.15) is 5.78 Å². The highest BCUT2D eigenvalue weighted by Gasteiger charge is 2.39. The van der Waals surface area contributed by atoms with E-state index < -0.39 is 0 Å². The third-order valence-corrected chi connectivity index (χ3v) is 8.26. The third kappa shape index (κ3) is 21.5. The number of hydrogen-bond donors (Lipinski definition) is 1. The van der Waals surface area contributed by atoms with Gasteiger partial charge in [0.15, 0.2) is 5.78 Å². The van der Waals surface area contributed by atoms with Crippen LogP contribution in [0.5, 0.6) is 0 Å². The van der Waals surface area contributed by atoms with Crippen molar-refractivity contribution in [3.8, 4) is 0 Å². The molecule has 49 heavy (non-hydrogen) atoms. The molecule has 8 nitrogen and oxygen atoms in total. The van der Waals surface area contributed by atoms with Crippen molar-refractivity contribution in [2.75, 3.05) is 0 Å². The minimum atomic E-state index is -0.133. The van der Waals surface area contributed by atoms with Crippen LogP contribution in [-0.4, -0.2) is 48.4 Å². The maximum Gasteiger partial charge on any atom is 0.569 e. The summed E-state index contributed by atoms with van der Waals surface area (Å²) >= 11 is 0. The van der Waals surface area contributed by atoms with Gasteiger partial charge in [0.05, 0.1) is 18.0 Å². The van der Waals surface area contributed by atoms with Gasteiger partial charge in [0.2, 0.25) is 0 Å². The van der Waals surface area contributed by atoms with Gasteiger partial charge in [-0.3, -0.25) is 19.2 Å². The Hall–Kier alpha value is -3.20. The first kappa shape index (κ1) is 45.8. The topological polar surface area (TPSA) is 116 Å². The Morgan fingerprint density at radius 2 is 1.43 bits per heavy atom. The largest absolute Gasteiger partial charge is 0.569 e. The Morgan fingerprint density at radius 1 is 0.878 bits per heavy atom. The number of ketones is 2. The van der Waals surface area contributed by atoms with E-state index in [1.165, 1.54) is 5.57 Å². The molecule has 1 saturated carbocycles. The van der Waals surface area contributed by atoms with Crippen LogP contribution in [0, 0.1) is 23.7 Å². The van der Waals surface area contributed by atoms with Crippen molar-refractivity contribution in [1.29, 1.82) is 0 Å². The van der Waals surface area contributed by atoms with Gasteiger partial charge >= 0.3 is 19.6 Å². The van der Waals surface area contributed by atoms with E-state index in [4.69, 9.17) is 14.5 Å². The summed E-state index contributed by atoms with van der Waals surface area (Å²) < 4.78 is 14.6. The summed E-state index contributed by atoms with van der Waals surface area (Å²) in [4.78, 5) is 46.4. The van der Waals surface area contributed by atoms with Crippen molar-refractivity contribution in [3.63, 3.8) is 0 Å². The molecule has 0 aromatic heterocycles. The molecule has 275 valence electrons. The molecule has 0 unspecified atom stereocenters. The zero-order chi connectivity index (χ0) is 37.4. The molecular weight excluding hydrogens is 619 g/mol. The average Bonchev–Trinajstić information content (AvgIpc) is 3.50. The molecule has 2 aliphatic rings. The number of hydrogen-bond acceptors (Lipinski definition) is 8. The molecule has 1 radical (unpaired) electrons. The van der Waals surface area contributed by atoms with E-state index in [1.807, 2.05) is 53.7 Å². The maximum atomic E-state index is 12.2. The lowest BCUT2D eigenvalue weighted by atomic mass is 9.82. The van der Waals surface area contributed by atoms with Crippen molar-refractivity contribution in [2.45, 2.75) is 146 Å². The summed E-state index contributed by atoms with van der Waals surface area (Å²) in [6, 6.07) is 0. The highest BCUT2D eigenvalue weighted by atomic mass is 16.5. The van der Waals surface area contributed by atoms with Crippen LogP contribution in [-0.2, 0) is 33.3 Å². The molecule has 0 heterocycles.